The lowest BCUT2D eigenvalue weighted by Gasteiger charge is -2.14. The van der Waals surface area contributed by atoms with E-state index in [1.807, 2.05) is 0 Å². The van der Waals surface area contributed by atoms with Gasteiger partial charge in [0.15, 0.2) is 0 Å². The number of carbonyl (C=O) groups is 1. The van der Waals surface area contributed by atoms with E-state index in [1.54, 1.807) is 4.90 Å². The van der Waals surface area contributed by atoms with Crippen LogP contribution in [0.3, 0.4) is 0 Å². The zero-order valence-electron chi connectivity index (χ0n) is 7.86. The number of carbonyl (C=O) groups excluding carboxylic acids is 1. The third kappa shape index (κ3) is 2.86. The van der Waals surface area contributed by atoms with Crippen molar-refractivity contribution >= 4 is 6.09 Å². The van der Waals surface area contributed by atoms with Gasteiger partial charge in [-0.1, -0.05) is 0 Å². The molecule has 1 heterocycles. The summed E-state index contributed by atoms with van der Waals surface area (Å²) < 4.78 is 10.00. The summed E-state index contributed by atoms with van der Waals surface area (Å²) in [5.41, 5.74) is 5.30. The van der Waals surface area contributed by atoms with Gasteiger partial charge in [0.05, 0.1) is 26.4 Å². The minimum absolute atomic E-state index is 0.127. The Morgan fingerprint density at radius 2 is 2.46 bits per heavy atom. The standard InChI is InChI=1S/C8H16N2O3/c1-12-8(11)10-4-2-7(6-10)13-5-3-9/h7H,2-6,9H2,1H3. The molecule has 0 spiro atoms. The van der Waals surface area contributed by atoms with Crippen molar-refractivity contribution in [3.8, 4) is 0 Å². The van der Waals surface area contributed by atoms with E-state index in [9.17, 15) is 4.79 Å². The molecule has 1 rings (SSSR count). The molecule has 0 aliphatic carbocycles. The molecule has 1 amide bonds. The molecule has 0 saturated carbocycles. The van der Waals surface area contributed by atoms with Crippen LogP contribution < -0.4 is 5.73 Å². The summed E-state index contributed by atoms with van der Waals surface area (Å²) in [4.78, 5) is 12.7. The molecule has 5 heteroatoms. The van der Waals surface area contributed by atoms with Crippen molar-refractivity contribution < 1.29 is 14.3 Å². The van der Waals surface area contributed by atoms with Crippen LogP contribution in [-0.4, -0.2) is 50.4 Å². The number of ether oxygens (including phenoxy) is 2. The molecule has 0 radical (unpaired) electrons. The highest BCUT2D eigenvalue weighted by Crippen LogP contribution is 2.12. The number of nitrogens with two attached hydrogens (primary N) is 1. The highest BCUT2D eigenvalue weighted by molar-refractivity contribution is 5.67. The molecule has 1 saturated heterocycles. The van der Waals surface area contributed by atoms with E-state index in [-0.39, 0.29) is 12.2 Å². The molecule has 2 N–H and O–H groups in total. The molecule has 5 nitrogen and oxygen atoms in total. The lowest BCUT2D eigenvalue weighted by Crippen LogP contribution is -2.30. The lowest BCUT2D eigenvalue weighted by molar-refractivity contribution is 0.0622. The molecule has 0 aromatic rings. The van der Waals surface area contributed by atoms with E-state index in [2.05, 4.69) is 4.74 Å². The van der Waals surface area contributed by atoms with E-state index < -0.39 is 0 Å². The van der Waals surface area contributed by atoms with Gasteiger partial charge >= 0.3 is 6.09 Å². The SMILES string of the molecule is COC(=O)N1CCC(OCCN)C1. The number of amides is 1. The van der Waals surface area contributed by atoms with Gasteiger partial charge in [-0.15, -0.1) is 0 Å². The Bertz CT molecular complexity index is 175. The molecular formula is C8H16N2O3. The summed E-state index contributed by atoms with van der Waals surface area (Å²) in [6.45, 7) is 2.41. The molecular weight excluding hydrogens is 172 g/mol. The number of rotatable bonds is 3. The molecule has 76 valence electrons. The van der Waals surface area contributed by atoms with E-state index in [1.165, 1.54) is 7.11 Å². The van der Waals surface area contributed by atoms with Crippen LogP contribution in [0.25, 0.3) is 0 Å². The van der Waals surface area contributed by atoms with Crippen LogP contribution in [0.15, 0.2) is 0 Å². The van der Waals surface area contributed by atoms with Gasteiger partial charge in [0, 0.05) is 13.1 Å². The highest BCUT2D eigenvalue weighted by Gasteiger charge is 2.26. The zero-order valence-corrected chi connectivity index (χ0v) is 7.86. The Labute approximate surface area is 77.8 Å². The molecule has 0 aromatic heterocycles. The normalized spacial score (nSPS) is 22.0. The molecule has 1 aliphatic rings. The monoisotopic (exact) mass is 188 g/mol. The first-order valence-corrected chi connectivity index (χ1v) is 4.42. The highest BCUT2D eigenvalue weighted by atomic mass is 16.5. The zero-order chi connectivity index (χ0) is 9.68. The van der Waals surface area contributed by atoms with Crippen LogP contribution in [-0.2, 0) is 9.47 Å². The van der Waals surface area contributed by atoms with Gasteiger partial charge in [-0.2, -0.15) is 0 Å². The Morgan fingerprint density at radius 3 is 3.08 bits per heavy atom. The third-order valence-electron chi connectivity index (χ3n) is 2.05. The summed E-state index contributed by atoms with van der Waals surface area (Å²) >= 11 is 0. The minimum atomic E-state index is -0.279. The van der Waals surface area contributed by atoms with E-state index in [4.69, 9.17) is 10.5 Å². The van der Waals surface area contributed by atoms with Crippen molar-refractivity contribution in [1.29, 1.82) is 0 Å². The van der Waals surface area contributed by atoms with Gasteiger partial charge in [-0.05, 0) is 6.42 Å². The summed E-state index contributed by atoms with van der Waals surface area (Å²) in [7, 11) is 1.39. The summed E-state index contributed by atoms with van der Waals surface area (Å²) in [5.74, 6) is 0. The topological polar surface area (TPSA) is 64.8 Å². The first-order chi connectivity index (χ1) is 6.27. The van der Waals surface area contributed by atoms with Crippen molar-refractivity contribution in [3.05, 3.63) is 0 Å². The van der Waals surface area contributed by atoms with Gasteiger partial charge in [0.25, 0.3) is 0 Å². The predicted octanol–water partition coefficient (Wildman–Crippen LogP) is -0.198. The third-order valence-corrected chi connectivity index (χ3v) is 2.05. The largest absolute Gasteiger partial charge is 0.453 e. The molecule has 1 atom stereocenters. The summed E-state index contributed by atoms with van der Waals surface area (Å²) in [6.07, 6.45) is 0.719. The smallest absolute Gasteiger partial charge is 0.409 e. The average Bonchev–Trinajstić information content (AvgIpc) is 2.62. The van der Waals surface area contributed by atoms with Crippen LogP contribution in [0.5, 0.6) is 0 Å². The second-order valence-corrected chi connectivity index (χ2v) is 2.99. The van der Waals surface area contributed by atoms with E-state index >= 15 is 0 Å². The van der Waals surface area contributed by atoms with Gasteiger partial charge in [-0.25, -0.2) is 4.79 Å². The number of hydrogen-bond acceptors (Lipinski definition) is 4. The van der Waals surface area contributed by atoms with Crippen LogP contribution >= 0.6 is 0 Å². The van der Waals surface area contributed by atoms with Crippen molar-refractivity contribution in [2.75, 3.05) is 33.4 Å². The molecule has 1 aliphatic heterocycles. The van der Waals surface area contributed by atoms with Gasteiger partial charge < -0.3 is 20.1 Å². The summed E-state index contributed by atoms with van der Waals surface area (Å²) in [6, 6.07) is 0. The fraction of sp³-hybridized carbons (Fsp3) is 0.875. The first kappa shape index (κ1) is 10.3. The van der Waals surface area contributed by atoms with Crippen molar-refractivity contribution in [3.63, 3.8) is 0 Å². The molecule has 1 unspecified atom stereocenters. The summed E-state index contributed by atoms with van der Waals surface area (Å²) in [5, 5.41) is 0. The van der Waals surface area contributed by atoms with Crippen LogP contribution in [0.2, 0.25) is 0 Å². The first-order valence-electron chi connectivity index (χ1n) is 4.42. The number of likely N-dealkylation sites (tertiary alicyclic amines) is 1. The molecule has 0 bridgehead atoms. The van der Waals surface area contributed by atoms with Gasteiger partial charge in [0.2, 0.25) is 0 Å². The Balaban J connectivity index is 2.23. The van der Waals surface area contributed by atoms with Crippen molar-refractivity contribution in [2.45, 2.75) is 12.5 Å². The molecule has 0 aromatic carbocycles. The predicted molar refractivity (Wildman–Crippen MR) is 47.4 cm³/mol. The number of methoxy groups -OCH3 is 1. The Hall–Kier alpha value is -0.810. The van der Waals surface area contributed by atoms with E-state index in [0.717, 1.165) is 6.42 Å². The second kappa shape index (κ2) is 5.04. The second-order valence-electron chi connectivity index (χ2n) is 2.99. The molecule has 1 fully saturated rings. The van der Waals surface area contributed by atoms with Gasteiger partial charge in [-0.3, -0.25) is 0 Å². The Morgan fingerprint density at radius 1 is 1.69 bits per heavy atom. The van der Waals surface area contributed by atoms with Gasteiger partial charge in [0.1, 0.15) is 0 Å². The lowest BCUT2D eigenvalue weighted by atomic mass is 10.3. The number of nitrogens with zero attached hydrogens (tertiary/aromatic N) is 1. The quantitative estimate of drug-likeness (QED) is 0.666. The fourth-order valence-corrected chi connectivity index (χ4v) is 1.39. The molecule has 13 heavy (non-hydrogen) atoms. The van der Waals surface area contributed by atoms with Crippen LogP contribution in [0.4, 0.5) is 4.79 Å². The van der Waals surface area contributed by atoms with E-state index in [0.29, 0.717) is 26.2 Å². The number of hydrogen-bond donors (Lipinski definition) is 1. The minimum Gasteiger partial charge on any atom is -0.453 e. The van der Waals surface area contributed by atoms with Crippen molar-refractivity contribution in [1.82, 2.24) is 4.90 Å². The Kier molecular flexibility index (Phi) is 3.98. The van der Waals surface area contributed by atoms with Crippen molar-refractivity contribution in [2.24, 2.45) is 5.73 Å². The maximum Gasteiger partial charge on any atom is 0.409 e. The average molecular weight is 188 g/mol. The maximum absolute atomic E-state index is 11.1. The maximum atomic E-state index is 11.1. The fourth-order valence-electron chi connectivity index (χ4n) is 1.39. The van der Waals surface area contributed by atoms with Crippen LogP contribution in [0, 0.1) is 0 Å². The van der Waals surface area contributed by atoms with Crippen LogP contribution in [0.1, 0.15) is 6.42 Å².